The van der Waals surface area contributed by atoms with Crippen molar-refractivity contribution in [3.05, 3.63) is 58.4 Å². The monoisotopic (exact) mass is 468 g/mol. The van der Waals surface area contributed by atoms with E-state index in [0.717, 1.165) is 47.4 Å². The zero-order valence-electron chi connectivity index (χ0n) is 17.7. The van der Waals surface area contributed by atoms with Gasteiger partial charge in [-0.05, 0) is 29.8 Å². The maximum Gasteiger partial charge on any atom is 0.343 e. The van der Waals surface area contributed by atoms with Crippen molar-refractivity contribution in [2.45, 2.75) is 13.0 Å². The van der Waals surface area contributed by atoms with E-state index in [4.69, 9.17) is 11.6 Å². The number of urea groups is 1. The molecule has 0 unspecified atom stereocenters. The third-order valence-electron chi connectivity index (χ3n) is 6.06. The number of hydrogen-bond acceptors (Lipinski definition) is 7. The molecular weight excluding hydrogens is 448 g/mol. The van der Waals surface area contributed by atoms with Gasteiger partial charge >= 0.3 is 6.03 Å². The van der Waals surface area contributed by atoms with Crippen LogP contribution in [0.15, 0.2) is 36.5 Å². The molecule has 0 atom stereocenters. The minimum absolute atomic E-state index is 0.0175. The van der Waals surface area contributed by atoms with E-state index < -0.39 is 23.8 Å². The Bertz CT molecular complexity index is 1150. The number of hydrazine groups is 1. The Hall–Kier alpha value is -3.50. The first kappa shape index (κ1) is 21.4. The molecular formula is C22H21ClN6O4. The average Bonchev–Trinajstić information content (AvgIpc) is 3.05. The van der Waals surface area contributed by atoms with Crippen molar-refractivity contribution in [1.82, 2.24) is 25.2 Å². The van der Waals surface area contributed by atoms with Gasteiger partial charge in [-0.25, -0.2) is 14.8 Å². The smallest absolute Gasteiger partial charge is 0.343 e. The van der Waals surface area contributed by atoms with Gasteiger partial charge in [-0.2, -0.15) is 5.01 Å². The number of anilines is 1. The summed E-state index contributed by atoms with van der Waals surface area (Å²) >= 11 is 5.87. The molecule has 1 aromatic heterocycles. The normalized spacial score (nSPS) is 19.2. The molecule has 11 heteroatoms. The zero-order chi connectivity index (χ0) is 23.1. The summed E-state index contributed by atoms with van der Waals surface area (Å²) in [5.41, 5.74) is 2.47. The van der Waals surface area contributed by atoms with Gasteiger partial charge < -0.3 is 4.90 Å². The number of fused-ring (bicyclic) bond motifs is 1. The minimum Gasteiger partial charge on any atom is -0.368 e. The van der Waals surface area contributed by atoms with Crippen molar-refractivity contribution in [3.63, 3.8) is 0 Å². The van der Waals surface area contributed by atoms with E-state index in [-0.39, 0.29) is 24.1 Å². The summed E-state index contributed by atoms with van der Waals surface area (Å²) in [6.45, 7) is 3.96. The predicted octanol–water partition coefficient (Wildman–Crippen LogP) is 1.51. The molecule has 0 saturated carbocycles. The van der Waals surface area contributed by atoms with Crippen LogP contribution in [-0.4, -0.2) is 76.4 Å². The Kier molecular flexibility index (Phi) is 5.47. The molecule has 3 aliphatic rings. The van der Waals surface area contributed by atoms with E-state index in [0.29, 0.717) is 11.7 Å². The van der Waals surface area contributed by atoms with Gasteiger partial charge in [0.15, 0.2) is 0 Å². The molecule has 1 N–H and O–H groups in total. The lowest BCUT2D eigenvalue weighted by molar-refractivity contribution is -0.122. The number of benzene rings is 1. The summed E-state index contributed by atoms with van der Waals surface area (Å²) in [4.78, 5) is 58.0. The second-order valence-electron chi connectivity index (χ2n) is 8.13. The van der Waals surface area contributed by atoms with Crippen molar-refractivity contribution in [2.75, 3.05) is 37.6 Å². The van der Waals surface area contributed by atoms with Gasteiger partial charge in [-0.1, -0.05) is 17.7 Å². The van der Waals surface area contributed by atoms with Crippen LogP contribution in [0.4, 0.5) is 10.5 Å². The number of halogens is 1. The van der Waals surface area contributed by atoms with Gasteiger partial charge in [0.25, 0.3) is 11.8 Å². The number of amides is 5. The highest BCUT2D eigenvalue weighted by Gasteiger charge is 2.43. The van der Waals surface area contributed by atoms with Crippen molar-refractivity contribution in [2.24, 2.45) is 0 Å². The number of nitrogens with one attached hydrogen (secondary N) is 1. The fraction of sp³-hybridized carbons (Fsp3) is 0.318. The molecule has 170 valence electrons. The molecule has 1 aromatic carbocycles. The third kappa shape index (κ3) is 4.03. The van der Waals surface area contributed by atoms with Crippen LogP contribution >= 0.6 is 11.6 Å². The first-order valence-electron chi connectivity index (χ1n) is 10.6. The molecule has 33 heavy (non-hydrogen) atoms. The van der Waals surface area contributed by atoms with Crippen LogP contribution in [0.25, 0.3) is 0 Å². The largest absolute Gasteiger partial charge is 0.368 e. The molecule has 0 spiro atoms. The molecule has 2 fully saturated rings. The second kappa shape index (κ2) is 8.45. The van der Waals surface area contributed by atoms with E-state index in [2.05, 4.69) is 20.1 Å². The standard InChI is InChI=1S/C22H21ClN6O4/c23-18-4-2-15(12-24-18)27-9-7-26(8-10-27)13-14-1-3-16-17(11-14)21(32)29(20(16)31)28-6-5-19(30)25-22(28)33/h1-4,11-12H,5-10,13H2,(H,25,30,33). The number of hydrogen-bond donors (Lipinski definition) is 1. The molecule has 5 amide bonds. The molecule has 0 bridgehead atoms. The lowest BCUT2D eigenvalue weighted by atomic mass is 10.1. The number of nitrogens with zero attached hydrogens (tertiary/aromatic N) is 5. The van der Waals surface area contributed by atoms with Crippen LogP contribution in [0.5, 0.6) is 0 Å². The SMILES string of the molecule is O=C1CCN(N2C(=O)c3ccc(CN4CCN(c5ccc(Cl)nc5)CC4)cc3C2=O)C(=O)N1. The Labute approximate surface area is 194 Å². The summed E-state index contributed by atoms with van der Waals surface area (Å²) in [6, 6.07) is 8.16. The van der Waals surface area contributed by atoms with Gasteiger partial charge in [0.2, 0.25) is 5.91 Å². The fourth-order valence-electron chi connectivity index (χ4n) is 4.32. The number of rotatable bonds is 4. The van der Waals surface area contributed by atoms with E-state index in [1.165, 1.54) is 0 Å². The summed E-state index contributed by atoms with van der Waals surface area (Å²) in [5.74, 6) is -1.54. The first-order valence-corrected chi connectivity index (χ1v) is 11.0. The van der Waals surface area contributed by atoms with Crippen LogP contribution in [0.3, 0.4) is 0 Å². The van der Waals surface area contributed by atoms with E-state index in [9.17, 15) is 19.2 Å². The Balaban J connectivity index is 1.25. The molecule has 2 aromatic rings. The average molecular weight is 469 g/mol. The number of carbonyl (C=O) groups excluding carboxylic acids is 4. The Morgan fingerprint density at radius 2 is 1.67 bits per heavy atom. The zero-order valence-corrected chi connectivity index (χ0v) is 18.4. The van der Waals surface area contributed by atoms with Crippen LogP contribution in [0.1, 0.15) is 32.7 Å². The van der Waals surface area contributed by atoms with Gasteiger partial charge in [-0.3, -0.25) is 24.6 Å². The number of pyridine rings is 1. The maximum absolute atomic E-state index is 13.0. The topological polar surface area (TPSA) is 106 Å². The third-order valence-corrected chi connectivity index (χ3v) is 6.28. The molecule has 0 radical (unpaired) electrons. The second-order valence-corrected chi connectivity index (χ2v) is 8.52. The molecule has 4 heterocycles. The van der Waals surface area contributed by atoms with Crippen molar-refractivity contribution in [1.29, 1.82) is 0 Å². The first-order chi connectivity index (χ1) is 15.9. The molecule has 3 aliphatic heterocycles. The van der Waals surface area contributed by atoms with Gasteiger partial charge in [0, 0.05) is 39.1 Å². The molecule has 5 rings (SSSR count). The molecule has 10 nitrogen and oxygen atoms in total. The van der Waals surface area contributed by atoms with Crippen LogP contribution < -0.4 is 10.2 Å². The van der Waals surface area contributed by atoms with E-state index >= 15 is 0 Å². The van der Waals surface area contributed by atoms with Crippen molar-refractivity contribution >= 4 is 41.0 Å². The van der Waals surface area contributed by atoms with Crippen LogP contribution in [0, 0.1) is 0 Å². The quantitative estimate of drug-likeness (QED) is 0.535. The van der Waals surface area contributed by atoms with Gasteiger partial charge in [0.1, 0.15) is 5.15 Å². The summed E-state index contributed by atoms with van der Waals surface area (Å²) < 4.78 is 0. The maximum atomic E-state index is 13.0. The van der Waals surface area contributed by atoms with Gasteiger partial charge in [0.05, 0.1) is 29.6 Å². The van der Waals surface area contributed by atoms with Crippen molar-refractivity contribution in [3.8, 4) is 0 Å². The number of carbonyl (C=O) groups is 4. The van der Waals surface area contributed by atoms with E-state index in [1.54, 1.807) is 24.4 Å². The highest BCUT2D eigenvalue weighted by Crippen LogP contribution is 2.27. The highest BCUT2D eigenvalue weighted by molar-refractivity contribution is 6.29. The highest BCUT2D eigenvalue weighted by atomic mass is 35.5. The van der Waals surface area contributed by atoms with Crippen LogP contribution in [0.2, 0.25) is 5.15 Å². The summed E-state index contributed by atoms with van der Waals surface area (Å²) in [5, 5.41) is 4.43. The lowest BCUT2D eigenvalue weighted by Gasteiger charge is -2.36. The lowest BCUT2D eigenvalue weighted by Crippen LogP contribution is -2.58. The Morgan fingerprint density at radius 1 is 0.909 bits per heavy atom. The minimum atomic E-state index is -0.769. The number of imide groups is 2. The summed E-state index contributed by atoms with van der Waals surface area (Å²) in [7, 11) is 0. The van der Waals surface area contributed by atoms with Gasteiger partial charge in [-0.15, -0.1) is 0 Å². The fourth-order valence-corrected chi connectivity index (χ4v) is 4.43. The van der Waals surface area contributed by atoms with Crippen LogP contribution in [-0.2, 0) is 11.3 Å². The Morgan fingerprint density at radius 3 is 2.36 bits per heavy atom. The molecule has 0 aliphatic carbocycles. The molecule has 2 saturated heterocycles. The number of aromatic nitrogens is 1. The van der Waals surface area contributed by atoms with E-state index in [1.807, 2.05) is 12.1 Å². The van der Waals surface area contributed by atoms with Crippen molar-refractivity contribution < 1.29 is 19.2 Å². The number of piperazine rings is 1. The predicted molar refractivity (Wildman–Crippen MR) is 119 cm³/mol. The summed E-state index contributed by atoms with van der Waals surface area (Å²) in [6.07, 6.45) is 1.80.